The van der Waals surface area contributed by atoms with Crippen LogP contribution in [0, 0.1) is 0 Å². The van der Waals surface area contributed by atoms with Crippen LogP contribution in [0.4, 0.5) is 0 Å². The maximum atomic E-state index is 9.42. The molecule has 0 unspecified atom stereocenters. The molecule has 5 nitrogen and oxygen atoms in total. The summed E-state index contributed by atoms with van der Waals surface area (Å²) in [5.41, 5.74) is 1.01. The van der Waals surface area contributed by atoms with E-state index in [-0.39, 0.29) is 5.88 Å². The van der Waals surface area contributed by atoms with Crippen molar-refractivity contribution in [1.82, 2.24) is 19.9 Å². The number of thiol groups is 1. The van der Waals surface area contributed by atoms with Crippen molar-refractivity contribution in [3.63, 3.8) is 0 Å². The van der Waals surface area contributed by atoms with Crippen LogP contribution in [0.2, 0.25) is 0 Å². The van der Waals surface area contributed by atoms with E-state index in [4.69, 9.17) is 0 Å². The van der Waals surface area contributed by atoms with Gasteiger partial charge in [-0.05, 0) is 6.07 Å². The fraction of sp³-hybridized carbons (Fsp3) is 0. The average molecular weight is 206 g/mol. The first-order valence-electron chi connectivity index (χ1n) is 3.78. The van der Waals surface area contributed by atoms with Gasteiger partial charge in [0.25, 0.3) is 0 Å². The van der Waals surface area contributed by atoms with Gasteiger partial charge < -0.3 is 5.11 Å². The van der Waals surface area contributed by atoms with Crippen molar-refractivity contribution in [2.24, 2.45) is 0 Å². The zero-order chi connectivity index (χ0) is 9.97. The van der Waals surface area contributed by atoms with Gasteiger partial charge in [0.15, 0.2) is 0 Å². The molecule has 6 heteroatoms. The number of hydrogen-bond acceptors (Lipinski definition) is 6. The normalized spacial score (nSPS) is 10.1. The molecule has 0 fully saturated rings. The minimum absolute atomic E-state index is 0.105. The standard InChI is InChI=1S/C8H6N4OS/c13-8-5(2-9-3-12-8)6-1-7(14)11-4-10-6/h1-4H,(H,9,12,13)(H,10,11,14). The van der Waals surface area contributed by atoms with Crippen LogP contribution in [0.5, 0.6) is 5.88 Å². The fourth-order valence-corrected chi connectivity index (χ4v) is 1.17. The third-order valence-electron chi connectivity index (χ3n) is 1.62. The van der Waals surface area contributed by atoms with Crippen molar-refractivity contribution >= 4 is 12.6 Å². The van der Waals surface area contributed by atoms with E-state index in [0.717, 1.165) is 0 Å². The van der Waals surface area contributed by atoms with Crippen molar-refractivity contribution in [2.45, 2.75) is 5.03 Å². The molecule has 0 saturated carbocycles. The van der Waals surface area contributed by atoms with Crippen molar-refractivity contribution in [2.75, 3.05) is 0 Å². The van der Waals surface area contributed by atoms with E-state index in [0.29, 0.717) is 16.3 Å². The molecule has 0 amide bonds. The van der Waals surface area contributed by atoms with E-state index in [9.17, 15) is 5.11 Å². The van der Waals surface area contributed by atoms with Gasteiger partial charge in [0.1, 0.15) is 12.7 Å². The van der Waals surface area contributed by atoms with Crippen LogP contribution < -0.4 is 0 Å². The van der Waals surface area contributed by atoms with Crippen LogP contribution in [0.15, 0.2) is 29.9 Å². The predicted octanol–water partition coefficient (Wildman–Crippen LogP) is 0.928. The first kappa shape index (κ1) is 8.89. The molecular formula is C8H6N4OS. The Labute approximate surface area is 85.3 Å². The summed E-state index contributed by atoms with van der Waals surface area (Å²) in [7, 11) is 0. The summed E-state index contributed by atoms with van der Waals surface area (Å²) in [6.45, 7) is 0. The molecule has 14 heavy (non-hydrogen) atoms. The topological polar surface area (TPSA) is 71.8 Å². The van der Waals surface area contributed by atoms with Crippen molar-refractivity contribution < 1.29 is 5.11 Å². The van der Waals surface area contributed by atoms with E-state index >= 15 is 0 Å². The molecule has 1 N–H and O–H groups in total. The summed E-state index contributed by atoms with van der Waals surface area (Å²) in [5, 5.41) is 9.94. The zero-order valence-electron chi connectivity index (χ0n) is 6.99. The summed E-state index contributed by atoms with van der Waals surface area (Å²) in [6.07, 6.45) is 4.11. The Morgan fingerprint density at radius 1 is 1.14 bits per heavy atom. The first-order chi connectivity index (χ1) is 6.77. The van der Waals surface area contributed by atoms with Gasteiger partial charge >= 0.3 is 0 Å². The molecule has 0 atom stereocenters. The maximum absolute atomic E-state index is 9.42. The quantitative estimate of drug-likeness (QED) is 0.536. The lowest BCUT2D eigenvalue weighted by Gasteiger charge is -2.01. The van der Waals surface area contributed by atoms with E-state index < -0.39 is 0 Å². The first-order valence-corrected chi connectivity index (χ1v) is 4.22. The molecular weight excluding hydrogens is 200 g/mol. The summed E-state index contributed by atoms with van der Waals surface area (Å²) in [4.78, 5) is 15.2. The lowest BCUT2D eigenvalue weighted by Crippen LogP contribution is -1.89. The smallest absolute Gasteiger partial charge is 0.223 e. The van der Waals surface area contributed by atoms with Gasteiger partial charge in [-0.3, -0.25) is 0 Å². The summed E-state index contributed by atoms with van der Waals surface area (Å²) in [6, 6.07) is 1.63. The van der Waals surface area contributed by atoms with E-state index in [2.05, 4.69) is 32.6 Å². The Hall–Kier alpha value is -1.69. The van der Waals surface area contributed by atoms with E-state index in [1.54, 1.807) is 6.07 Å². The van der Waals surface area contributed by atoms with Gasteiger partial charge in [0.05, 0.1) is 16.3 Å². The lowest BCUT2D eigenvalue weighted by atomic mass is 10.2. The molecule has 0 radical (unpaired) electrons. The minimum Gasteiger partial charge on any atom is -0.493 e. The van der Waals surface area contributed by atoms with Gasteiger partial charge in [-0.15, -0.1) is 12.6 Å². The Balaban J connectivity index is 2.55. The van der Waals surface area contributed by atoms with Crippen LogP contribution in [-0.4, -0.2) is 25.0 Å². The minimum atomic E-state index is -0.105. The maximum Gasteiger partial charge on any atom is 0.223 e. The van der Waals surface area contributed by atoms with Crippen molar-refractivity contribution in [1.29, 1.82) is 0 Å². The lowest BCUT2D eigenvalue weighted by molar-refractivity contribution is 0.454. The van der Waals surface area contributed by atoms with Crippen LogP contribution in [0.1, 0.15) is 0 Å². The van der Waals surface area contributed by atoms with Crippen molar-refractivity contribution in [3.05, 3.63) is 24.9 Å². The highest BCUT2D eigenvalue weighted by molar-refractivity contribution is 7.80. The highest BCUT2D eigenvalue weighted by atomic mass is 32.1. The number of aromatic nitrogens is 4. The molecule has 2 aromatic heterocycles. The van der Waals surface area contributed by atoms with E-state index in [1.165, 1.54) is 18.9 Å². The third kappa shape index (κ3) is 1.64. The molecule has 0 aliphatic rings. The Morgan fingerprint density at radius 2 is 2.00 bits per heavy atom. The molecule has 0 spiro atoms. The van der Waals surface area contributed by atoms with Crippen LogP contribution in [0.25, 0.3) is 11.3 Å². The molecule has 70 valence electrons. The molecule has 0 aromatic carbocycles. The van der Waals surface area contributed by atoms with Crippen LogP contribution in [0.3, 0.4) is 0 Å². The van der Waals surface area contributed by atoms with Gasteiger partial charge in [0.2, 0.25) is 5.88 Å². The molecule has 0 aliphatic heterocycles. The molecule has 2 rings (SSSR count). The zero-order valence-corrected chi connectivity index (χ0v) is 7.89. The summed E-state index contributed by atoms with van der Waals surface area (Å²) < 4.78 is 0. The van der Waals surface area contributed by atoms with Gasteiger partial charge in [-0.2, -0.15) is 0 Å². The van der Waals surface area contributed by atoms with Crippen LogP contribution >= 0.6 is 12.6 Å². The summed E-state index contributed by atoms with van der Waals surface area (Å²) in [5.74, 6) is -0.105. The molecule has 0 saturated heterocycles. The Bertz CT molecular complexity index is 463. The number of hydrogen-bond donors (Lipinski definition) is 2. The second-order valence-corrected chi connectivity index (χ2v) is 2.98. The monoisotopic (exact) mass is 206 g/mol. The number of aromatic hydroxyl groups is 1. The second-order valence-electron chi connectivity index (χ2n) is 2.52. The van der Waals surface area contributed by atoms with Gasteiger partial charge in [-0.1, -0.05) is 0 Å². The summed E-state index contributed by atoms with van der Waals surface area (Å²) >= 11 is 4.06. The molecule has 2 heterocycles. The fourth-order valence-electron chi connectivity index (χ4n) is 0.998. The van der Waals surface area contributed by atoms with Gasteiger partial charge in [-0.25, -0.2) is 19.9 Å². The molecule has 0 bridgehead atoms. The SMILES string of the molecule is Oc1ncncc1-c1cc(S)ncn1. The largest absolute Gasteiger partial charge is 0.493 e. The van der Waals surface area contributed by atoms with Gasteiger partial charge in [0, 0.05) is 6.20 Å². The number of nitrogens with zero attached hydrogens (tertiary/aromatic N) is 4. The highest BCUT2D eigenvalue weighted by Gasteiger charge is 2.06. The van der Waals surface area contributed by atoms with Crippen LogP contribution in [-0.2, 0) is 0 Å². The third-order valence-corrected chi connectivity index (χ3v) is 1.86. The second kappa shape index (κ2) is 3.59. The molecule has 0 aliphatic carbocycles. The number of rotatable bonds is 1. The Morgan fingerprint density at radius 3 is 2.71 bits per heavy atom. The predicted molar refractivity (Wildman–Crippen MR) is 52.0 cm³/mol. The Kier molecular flexibility index (Phi) is 2.28. The average Bonchev–Trinajstić information content (AvgIpc) is 2.18. The highest BCUT2D eigenvalue weighted by Crippen LogP contribution is 2.24. The van der Waals surface area contributed by atoms with E-state index in [1.807, 2.05) is 0 Å². The molecule has 2 aromatic rings. The van der Waals surface area contributed by atoms with Crippen molar-refractivity contribution in [3.8, 4) is 17.1 Å².